The fourth-order valence-electron chi connectivity index (χ4n) is 2.94. The number of aryl methyl sites for hydroxylation is 1. The van der Waals surface area contributed by atoms with Gasteiger partial charge in [-0.15, -0.1) is 34.2 Å². The Labute approximate surface area is 193 Å². The van der Waals surface area contributed by atoms with Gasteiger partial charge in [-0.3, -0.25) is 14.2 Å². The van der Waals surface area contributed by atoms with Gasteiger partial charge < -0.3 is 15.5 Å². The number of rotatable bonds is 7. The average molecular weight is 521 g/mol. The van der Waals surface area contributed by atoms with Gasteiger partial charge in [-0.1, -0.05) is 18.2 Å². The fraction of sp³-hybridized carbons (Fsp3) is 0.333. The van der Waals surface area contributed by atoms with E-state index < -0.39 is 0 Å². The van der Waals surface area contributed by atoms with E-state index in [-0.39, 0.29) is 29.9 Å². The molecule has 1 aromatic carbocycles. The minimum absolute atomic E-state index is 0. The second kappa shape index (κ2) is 11.5. The van der Waals surface area contributed by atoms with Gasteiger partial charge in [0.2, 0.25) is 0 Å². The molecule has 0 aliphatic carbocycles. The SMILES string of the molecule is CN=C(NCCCc1nnc2ccccn12)NCc1ccc(C(=O)N(C)C)cc1.I. The van der Waals surface area contributed by atoms with Gasteiger partial charge in [-0.05, 0) is 36.2 Å². The minimum atomic E-state index is 0. The van der Waals surface area contributed by atoms with Gasteiger partial charge in [0.1, 0.15) is 5.82 Å². The van der Waals surface area contributed by atoms with Gasteiger partial charge in [0, 0.05) is 52.4 Å². The molecule has 2 heterocycles. The predicted octanol–water partition coefficient (Wildman–Crippen LogP) is 2.35. The summed E-state index contributed by atoms with van der Waals surface area (Å²) >= 11 is 0. The summed E-state index contributed by atoms with van der Waals surface area (Å²) in [4.78, 5) is 17.8. The molecule has 160 valence electrons. The molecule has 30 heavy (non-hydrogen) atoms. The summed E-state index contributed by atoms with van der Waals surface area (Å²) in [6.45, 7) is 1.41. The molecule has 9 heteroatoms. The fourth-order valence-corrected chi connectivity index (χ4v) is 2.94. The summed E-state index contributed by atoms with van der Waals surface area (Å²) in [6.07, 6.45) is 3.73. The summed E-state index contributed by atoms with van der Waals surface area (Å²) in [5, 5.41) is 15.0. The van der Waals surface area contributed by atoms with E-state index in [1.807, 2.05) is 53.1 Å². The highest BCUT2D eigenvalue weighted by Crippen LogP contribution is 2.07. The zero-order valence-corrected chi connectivity index (χ0v) is 19.8. The number of hydrogen-bond acceptors (Lipinski definition) is 4. The van der Waals surface area contributed by atoms with Crippen molar-refractivity contribution in [2.24, 2.45) is 4.99 Å². The van der Waals surface area contributed by atoms with Crippen LogP contribution in [0.15, 0.2) is 53.7 Å². The van der Waals surface area contributed by atoms with Crippen LogP contribution < -0.4 is 10.6 Å². The average Bonchev–Trinajstić information content (AvgIpc) is 3.16. The highest BCUT2D eigenvalue weighted by Gasteiger charge is 2.07. The van der Waals surface area contributed by atoms with Crippen molar-refractivity contribution in [2.45, 2.75) is 19.4 Å². The highest BCUT2D eigenvalue weighted by molar-refractivity contribution is 14.0. The molecule has 1 amide bonds. The van der Waals surface area contributed by atoms with Crippen LogP contribution in [0.1, 0.15) is 28.2 Å². The Bertz CT molecular complexity index is 982. The minimum Gasteiger partial charge on any atom is -0.356 e. The van der Waals surface area contributed by atoms with Crippen LogP contribution in [0.5, 0.6) is 0 Å². The first kappa shape index (κ1) is 23.6. The smallest absolute Gasteiger partial charge is 0.253 e. The van der Waals surface area contributed by atoms with Crippen molar-refractivity contribution >= 4 is 41.5 Å². The predicted molar refractivity (Wildman–Crippen MR) is 129 cm³/mol. The summed E-state index contributed by atoms with van der Waals surface area (Å²) in [7, 11) is 5.25. The number of amides is 1. The van der Waals surface area contributed by atoms with Gasteiger partial charge in [0.25, 0.3) is 5.91 Å². The van der Waals surface area contributed by atoms with Crippen LogP contribution in [0.3, 0.4) is 0 Å². The highest BCUT2D eigenvalue weighted by atomic mass is 127. The molecule has 0 aliphatic rings. The maximum absolute atomic E-state index is 11.9. The normalized spacial score (nSPS) is 11.1. The van der Waals surface area contributed by atoms with Crippen molar-refractivity contribution in [1.29, 1.82) is 0 Å². The second-order valence-electron chi connectivity index (χ2n) is 6.90. The topological polar surface area (TPSA) is 86.9 Å². The molecule has 3 rings (SSSR count). The number of pyridine rings is 1. The summed E-state index contributed by atoms with van der Waals surface area (Å²) in [5.74, 6) is 1.70. The molecule has 8 nitrogen and oxygen atoms in total. The lowest BCUT2D eigenvalue weighted by atomic mass is 10.1. The zero-order chi connectivity index (χ0) is 20.6. The molecular weight excluding hydrogens is 493 g/mol. The first-order valence-corrected chi connectivity index (χ1v) is 9.62. The van der Waals surface area contributed by atoms with Gasteiger partial charge in [0.05, 0.1) is 0 Å². The van der Waals surface area contributed by atoms with E-state index in [1.165, 1.54) is 0 Å². The Balaban J connectivity index is 0.00000320. The van der Waals surface area contributed by atoms with Crippen LogP contribution in [0, 0.1) is 0 Å². The van der Waals surface area contributed by atoms with E-state index >= 15 is 0 Å². The number of carbonyl (C=O) groups is 1. The van der Waals surface area contributed by atoms with Crippen LogP contribution in [-0.2, 0) is 13.0 Å². The molecule has 2 aromatic heterocycles. The third-order valence-electron chi connectivity index (χ3n) is 4.54. The number of aromatic nitrogens is 3. The molecule has 0 radical (unpaired) electrons. The molecule has 3 aromatic rings. The van der Waals surface area contributed by atoms with Crippen LogP contribution in [0.2, 0.25) is 0 Å². The van der Waals surface area contributed by atoms with E-state index in [4.69, 9.17) is 0 Å². The molecule has 0 bridgehead atoms. The summed E-state index contributed by atoms with van der Waals surface area (Å²) in [5.41, 5.74) is 2.63. The van der Waals surface area contributed by atoms with Crippen molar-refractivity contribution in [3.8, 4) is 0 Å². The number of nitrogens with zero attached hydrogens (tertiary/aromatic N) is 5. The number of guanidine groups is 1. The van der Waals surface area contributed by atoms with Crippen molar-refractivity contribution in [1.82, 2.24) is 30.1 Å². The molecule has 0 fully saturated rings. The summed E-state index contributed by atoms with van der Waals surface area (Å²) < 4.78 is 2.01. The quantitative estimate of drug-likeness (QED) is 0.216. The molecule has 0 aliphatic heterocycles. The first-order chi connectivity index (χ1) is 14.1. The lowest BCUT2D eigenvalue weighted by Gasteiger charge is -2.13. The number of fused-ring (bicyclic) bond motifs is 1. The third kappa shape index (κ3) is 6.15. The molecule has 0 unspecified atom stereocenters. The van der Waals surface area contributed by atoms with Crippen LogP contribution in [0.4, 0.5) is 0 Å². The zero-order valence-electron chi connectivity index (χ0n) is 17.5. The van der Waals surface area contributed by atoms with Crippen molar-refractivity contribution in [3.05, 3.63) is 65.6 Å². The molecule has 0 saturated heterocycles. The largest absolute Gasteiger partial charge is 0.356 e. The van der Waals surface area contributed by atoms with E-state index in [2.05, 4.69) is 25.8 Å². The molecule has 0 saturated carbocycles. The molecule has 0 atom stereocenters. The van der Waals surface area contributed by atoms with Crippen molar-refractivity contribution in [2.75, 3.05) is 27.7 Å². The van der Waals surface area contributed by atoms with Crippen molar-refractivity contribution < 1.29 is 4.79 Å². The second-order valence-corrected chi connectivity index (χ2v) is 6.90. The number of halogens is 1. The van der Waals surface area contributed by atoms with Gasteiger partial charge in [-0.2, -0.15) is 0 Å². The van der Waals surface area contributed by atoms with E-state index in [0.29, 0.717) is 12.1 Å². The molecule has 2 N–H and O–H groups in total. The Morgan fingerprint density at radius 3 is 2.57 bits per heavy atom. The van der Waals surface area contributed by atoms with Crippen LogP contribution in [-0.4, -0.2) is 59.1 Å². The molecular formula is C21H28IN7O. The Kier molecular flexibility index (Phi) is 9.03. The number of hydrogen-bond donors (Lipinski definition) is 2. The summed E-state index contributed by atoms with van der Waals surface area (Å²) in [6, 6.07) is 13.5. The molecule has 0 spiro atoms. The lowest BCUT2D eigenvalue weighted by Crippen LogP contribution is -2.37. The first-order valence-electron chi connectivity index (χ1n) is 9.62. The number of benzene rings is 1. The third-order valence-corrected chi connectivity index (χ3v) is 4.54. The standard InChI is InChI=1S/C21H27N7O.HI/c1-22-21(24-15-16-9-11-17(12-10-16)20(29)27(2)3)23-13-6-8-19-26-25-18-7-4-5-14-28(18)19;/h4-5,7,9-12,14H,6,8,13,15H2,1-3H3,(H2,22,23,24);1H. The number of nitrogens with one attached hydrogen (secondary N) is 2. The van der Waals surface area contributed by atoms with E-state index in [1.54, 1.807) is 26.0 Å². The lowest BCUT2D eigenvalue weighted by molar-refractivity contribution is 0.0827. The van der Waals surface area contributed by atoms with E-state index in [9.17, 15) is 4.79 Å². The van der Waals surface area contributed by atoms with Crippen LogP contribution >= 0.6 is 24.0 Å². The van der Waals surface area contributed by atoms with Gasteiger partial charge in [0.15, 0.2) is 11.6 Å². The Morgan fingerprint density at radius 2 is 1.87 bits per heavy atom. The van der Waals surface area contributed by atoms with Gasteiger partial charge >= 0.3 is 0 Å². The monoisotopic (exact) mass is 521 g/mol. The van der Waals surface area contributed by atoms with Gasteiger partial charge in [-0.25, -0.2) is 0 Å². The van der Waals surface area contributed by atoms with Crippen molar-refractivity contribution in [3.63, 3.8) is 0 Å². The number of aliphatic imine (C=N–C) groups is 1. The van der Waals surface area contributed by atoms with E-state index in [0.717, 1.165) is 42.4 Å². The van der Waals surface area contributed by atoms with Crippen LogP contribution in [0.25, 0.3) is 5.65 Å². The maximum Gasteiger partial charge on any atom is 0.253 e. The maximum atomic E-state index is 11.9. The Morgan fingerprint density at radius 1 is 1.10 bits per heavy atom. The number of carbonyl (C=O) groups excluding carboxylic acids is 1. The Hall–Kier alpha value is -2.69.